The van der Waals surface area contributed by atoms with E-state index in [0.717, 1.165) is 18.0 Å². The minimum atomic E-state index is -0.603. The molecule has 1 aromatic carbocycles. The number of carbonyl (C=O) groups excluding carboxylic acids is 3. The maximum Gasteiger partial charge on any atom is 0.325 e. The first-order chi connectivity index (χ1) is 16.9. The van der Waals surface area contributed by atoms with Crippen molar-refractivity contribution in [2.45, 2.75) is 20.3 Å². The van der Waals surface area contributed by atoms with Crippen LogP contribution in [-0.2, 0) is 0 Å². The highest BCUT2D eigenvalue weighted by Crippen LogP contribution is 2.20. The van der Waals surface area contributed by atoms with Crippen LogP contribution >= 0.6 is 0 Å². The van der Waals surface area contributed by atoms with Crippen molar-refractivity contribution >= 4 is 29.6 Å². The van der Waals surface area contributed by atoms with Crippen molar-refractivity contribution in [2.75, 3.05) is 50.7 Å². The first-order valence-corrected chi connectivity index (χ1v) is 11.7. The summed E-state index contributed by atoms with van der Waals surface area (Å²) in [6.07, 6.45) is 4.11. The second-order valence-corrected chi connectivity index (χ2v) is 8.62. The van der Waals surface area contributed by atoms with Gasteiger partial charge in [-0.2, -0.15) is 5.26 Å². The molecule has 2 aliphatic rings. The second kappa shape index (κ2) is 12.5. The molecule has 186 valence electrons. The van der Waals surface area contributed by atoms with E-state index in [0.29, 0.717) is 49.2 Å². The number of nitrogens with one attached hydrogen (secondary N) is 3. The molecular formula is C24H32N8O3. The van der Waals surface area contributed by atoms with Gasteiger partial charge in [-0.1, -0.05) is 19.9 Å². The molecule has 1 saturated heterocycles. The van der Waals surface area contributed by atoms with Gasteiger partial charge in [0.25, 0.3) is 5.91 Å². The van der Waals surface area contributed by atoms with Gasteiger partial charge in [0.15, 0.2) is 0 Å². The number of guanidine groups is 1. The van der Waals surface area contributed by atoms with E-state index in [4.69, 9.17) is 5.26 Å². The predicted octanol–water partition coefficient (Wildman–Crippen LogP) is 1.71. The van der Waals surface area contributed by atoms with Gasteiger partial charge in [-0.3, -0.25) is 15.0 Å². The molecule has 0 radical (unpaired) electrons. The molecule has 0 saturated carbocycles. The molecule has 35 heavy (non-hydrogen) atoms. The van der Waals surface area contributed by atoms with Crippen molar-refractivity contribution < 1.29 is 14.4 Å². The molecule has 0 spiro atoms. The maximum absolute atomic E-state index is 13.3. The molecule has 11 heteroatoms. The lowest BCUT2D eigenvalue weighted by molar-refractivity contribution is 0.0795. The SMILES string of the molecule is CC(C)CCN(C(=O)NCC#N)C(=O)c1cccc(N2CC=CN=C2NC(=O)N2CCNCC2)c1. The number of benzene rings is 1. The summed E-state index contributed by atoms with van der Waals surface area (Å²) >= 11 is 0. The van der Waals surface area contributed by atoms with Crippen LogP contribution in [0.3, 0.4) is 0 Å². The number of aliphatic imine (C=N–C) groups is 1. The third kappa shape index (κ3) is 7.04. The third-order valence-corrected chi connectivity index (χ3v) is 5.61. The summed E-state index contributed by atoms with van der Waals surface area (Å²) in [6, 6.07) is 7.88. The molecule has 1 fully saturated rings. The van der Waals surface area contributed by atoms with Gasteiger partial charge in [0, 0.05) is 56.7 Å². The number of nitriles is 1. The van der Waals surface area contributed by atoms with Gasteiger partial charge < -0.3 is 20.4 Å². The number of hydrogen-bond acceptors (Lipinski definition) is 7. The lowest BCUT2D eigenvalue weighted by atomic mass is 10.1. The van der Waals surface area contributed by atoms with Crippen LogP contribution in [-0.4, -0.2) is 79.5 Å². The van der Waals surface area contributed by atoms with Crippen molar-refractivity contribution in [2.24, 2.45) is 10.9 Å². The van der Waals surface area contributed by atoms with Crippen LogP contribution in [0.1, 0.15) is 30.6 Å². The van der Waals surface area contributed by atoms with E-state index >= 15 is 0 Å². The Kier molecular flexibility index (Phi) is 9.20. The summed E-state index contributed by atoms with van der Waals surface area (Å²) in [7, 11) is 0. The largest absolute Gasteiger partial charge is 0.325 e. The minimum Gasteiger partial charge on any atom is -0.325 e. The normalized spacial score (nSPS) is 15.3. The first kappa shape index (κ1) is 25.7. The molecule has 3 rings (SSSR count). The predicted molar refractivity (Wildman–Crippen MR) is 133 cm³/mol. The first-order valence-electron chi connectivity index (χ1n) is 11.7. The summed E-state index contributed by atoms with van der Waals surface area (Å²) in [5.74, 6) is 0.196. The lowest BCUT2D eigenvalue weighted by Crippen LogP contribution is -2.54. The molecule has 0 bridgehead atoms. The Morgan fingerprint density at radius 3 is 2.74 bits per heavy atom. The van der Waals surface area contributed by atoms with Crippen LogP contribution in [0.25, 0.3) is 0 Å². The van der Waals surface area contributed by atoms with E-state index in [9.17, 15) is 14.4 Å². The van der Waals surface area contributed by atoms with E-state index in [-0.39, 0.29) is 19.1 Å². The summed E-state index contributed by atoms with van der Waals surface area (Å²) < 4.78 is 0. The van der Waals surface area contributed by atoms with Gasteiger partial charge >= 0.3 is 12.1 Å². The number of anilines is 1. The van der Waals surface area contributed by atoms with E-state index in [1.807, 2.05) is 32.1 Å². The number of carbonyl (C=O) groups is 3. The third-order valence-electron chi connectivity index (χ3n) is 5.61. The van der Waals surface area contributed by atoms with E-state index in [1.165, 1.54) is 0 Å². The molecule has 5 amide bonds. The second-order valence-electron chi connectivity index (χ2n) is 8.62. The molecule has 3 N–H and O–H groups in total. The Morgan fingerprint density at radius 1 is 1.26 bits per heavy atom. The van der Waals surface area contributed by atoms with Crippen molar-refractivity contribution in [1.29, 1.82) is 5.26 Å². The number of hydrogen-bond donors (Lipinski definition) is 3. The van der Waals surface area contributed by atoms with Gasteiger partial charge in [0.05, 0.1) is 6.07 Å². The molecule has 1 aromatic rings. The van der Waals surface area contributed by atoms with Gasteiger partial charge in [-0.15, -0.1) is 0 Å². The zero-order valence-corrected chi connectivity index (χ0v) is 20.2. The van der Waals surface area contributed by atoms with Crippen LogP contribution in [0.15, 0.2) is 41.5 Å². The van der Waals surface area contributed by atoms with E-state index in [2.05, 4.69) is 20.9 Å². The molecule has 11 nitrogen and oxygen atoms in total. The number of piperazine rings is 1. The van der Waals surface area contributed by atoms with Gasteiger partial charge in [0.2, 0.25) is 5.96 Å². The standard InChI is InChI=1S/C24H32N8O3/c1-18(2)7-14-32(23(34)28-10-8-25)21(33)19-5-3-6-20(17-19)31-13-4-9-27-22(31)29-24(35)30-15-11-26-12-16-30/h3-6,9,17-18,26H,7,10-16H2,1-2H3,(H,28,34)(H,27,29,35). The van der Waals surface area contributed by atoms with Crippen molar-refractivity contribution in [3.8, 4) is 6.07 Å². The zero-order chi connectivity index (χ0) is 25.2. The van der Waals surface area contributed by atoms with Gasteiger partial charge in [-0.25, -0.2) is 14.6 Å². The average Bonchev–Trinajstić information content (AvgIpc) is 2.88. The smallest absolute Gasteiger partial charge is 0.325 e. The fraction of sp³-hybridized carbons (Fsp3) is 0.458. The van der Waals surface area contributed by atoms with E-state index < -0.39 is 11.9 Å². The topological polar surface area (TPSA) is 133 Å². The Labute approximate surface area is 205 Å². The maximum atomic E-state index is 13.3. The van der Waals surface area contributed by atoms with Crippen LogP contribution in [0.5, 0.6) is 0 Å². The van der Waals surface area contributed by atoms with Crippen LogP contribution in [0, 0.1) is 17.2 Å². The molecule has 0 aromatic heterocycles. The van der Waals surface area contributed by atoms with Crippen molar-refractivity contribution in [1.82, 2.24) is 25.8 Å². The molecule has 0 atom stereocenters. The minimum absolute atomic E-state index is 0.183. The van der Waals surface area contributed by atoms with Crippen LogP contribution < -0.4 is 20.9 Å². The fourth-order valence-corrected chi connectivity index (χ4v) is 3.66. The van der Waals surface area contributed by atoms with Crippen molar-refractivity contribution in [3.63, 3.8) is 0 Å². The van der Waals surface area contributed by atoms with Crippen molar-refractivity contribution in [3.05, 3.63) is 42.1 Å². The van der Waals surface area contributed by atoms with Crippen LogP contribution in [0.4, 0.5) is 15.3 Å². The summed E-state index contributed by atoms with van der Waals surface area (Å²) in [4.78, 5) is 47.6. The highest BCUT2D eigenvalue weighted by molar-refractivity contribution is 6.08. The average molecular weight is 481 g/mol. The highest BCUT2D eigenvalue weighted by Gasteiger charge is 2.25. The molecule has 2 heterocycles. The number of urea groups is 2. The Morgan fingerprint density at radius 2 is 2.03 bits per heavy atom. The Hall–Kier alpha value is -3.91. The lowest BCUT2D eigenvalue weighted by Gasteiger charge is -2.31. The molecular weight excluding hydrogens is 448 g/mol. The summed E-state index contributed by atoms with van der Waals surface area (Å²) in [6.45, 7) is 7.22. The number of rotatable bonds is 6. The Bertz CT molecular complexity index is 1020. The number of amides is 5. The van der Waals surface area contributed by atoms with Gasteiger partial charge in [-0.05, 0) is 36.6 Å². The molecule has 2 aliphatic heterocycles. The Balaban J connectivity index is 1.78. The molecule has 0 aliphatic carbocycles. The number of imide groups is 1. The van der Waals surface area contributed by atoms with Crippen LogP contribution in [0.2, 0.25) is 0 Å². The monoisotopic (exact) mass is 480 g/mol. The molecule has 0 unspecified atom stereocenters. The summed E-state index contributed by atoms with van der Waals surface area (Å²) in [5, 5.41) is 17.3. The zero-order valence-electron chi connectivity index (χ0n) is 20.2. The summed E-state index contributed by atoms with van der Waals surface area (Å²) in [5.41, 5.74) is 0.974. The number of nitrogens with zero attached hydrogens (tertiary/aromatic N) is 5. The highest BCUT2D eigenvalue weighted by atomic mass is 16.2. The fourth-order valence-electron chi connectivity index (χ4n) is 3.66. The van der Waals surface area contributed by atoms with Gasteiger partial charge in [0.1, 0.15) is 6.54 Å². The quantitative estimate of drug-likeness (QED) is 0.531. The van der Waals surface area contributed by atoms with E-state index in [1.54, 1.807) is 34.2 Å².